The number of nitrogens with zero attached hydrogens (tertiary/aromatic N) is 2. The van der Waals surface area contributed by atoms with Crippen LogP contribution in [0.3, 0.4) is 0 Å². The zero-order chi connectivity index (χ0) is 16.6. The Morgan fingerprint density at radius 2 is 1.96 bits per heavy atom. The highest BCUT2D eigenvalue weighted by Crippen LogP contribution is 2.39. The minimum atomic E-state index is -4.74. The average Bonchev–Trinajstić information content (AvgIpc) is 2.49. The Bertz CT molecular complexity index is 730. The highest BCUT2D eigenvalue weighted by atomic mass is 79.9. The van der Waals surface area contributed by atoms with Gasteiger partial charge in [-0.15, -0.1) is 13.2 Å². The van der Waals surface area contributed by atoms with Crippen molar-refractivity contribution in [2.45, 2.75) is 13.3 Å². The summed E-state index contributed by atoms with van der Waals surface area (Å²) in [5, 5.41) is 3.91. The monoisotopic (exact) mass is 389 g/mol. The lowest BCUT2D eigenvalue weighted by atomic mass is 10.1. The maximum Gasteiger partial charge on any atom is 0.573 e. The fourth-order valence-electron chi connectivity index (χ4n) is 2.74. The fourth-order valence-corrected chi connectivity index (χ4v) is 3.29. The molecule has 1 fully saturated rings. The van der Waals surface area contributed by atoms with Gasteiger partial charge < -0.3 is 15.0 Å². The molecule has 4 nitrogen and oxygen atoms in total. The zero-order valence-electron chi connectivity index (χ0n) is 12.4. The third-order valence-corrected chi connectivity index (χ3v) is 4.67. The molecule has 0 amide bonds. The van der Waals surface area contributed by atoms with E-state index in [9.17, 15) is 13.2 Å². The molecule has 0 atom stereocenters. The van der Waals surface area contributed by atoms with Crippen LogP contribution in [0.15, 0.2) is 22.7 Å². The van der Waals surface area contributed by atoms with Gasteiger partial charge in [0.2, 0.25) is 0 Å². The van der Waals surface area contributed by atoms with Gasteiger partial charge in [0.15, 0.2) is 5.75 Å². The van der Waals surface area contributed by atoms with E-state index in [4.69, 9.17) is 0 Å². The molecular formula is C15H15BrF3N3O. The number of hydrogen-bond acceptors (Lipinski definition) is 4. The van der Waals surface area contributed by atoms with E-state index in [1.54, 1.807) is 19.1 Å². The number of pyridine rings is 1. The molecule has 0 saturated carbocycles. The Labute approximate surface area is 139 Å². The summed E-state index contributed by atoms with van der Waals surface area (Å²) in [6.07, 6.45) is -4.74. The lowest BCUT2D eigenvalue weighted by Crippen LogP contribution is -2.43. The highest BCUT2D eigenvalue weighted by Gasteiger charge is 2.32. The van der Waals surface area contributed by atoms with Crippen LogP contribution in [0.4, 0.5) is 18.9 Å². The maximum atomic E-state index is 12.6. The molecule has 1 aliphatic rings. The number of ether oxygens (including phenoxy) is 1. The first kappa shape index (κ1) is 16.3. The third kappa shape index (κ3) is 3.37. The van der Waals surface area contributed by atoms with E-state index in [1.807, 2.05) is 0 Å². The normalized spacial score (nSPS) is 16.0. The molecule has 1 saturated heterocycles. The fraction of sp³-hybridized carbons (Fsp3) is 0.400. The van der Waals surface area contributed by atoms with Gasteiger partial charge in [-0.1, -0.05) is 12.1 Å². The third-order valence-electron chi connectivity index (χ3n) is 3.72. The maximum absolute atomic E-state index is 12.6. The number of aromatic nitrogens is 1. The zero-order valence-corrected chi connectivity index (χ0v) is 14.0. The second kappa shape index (κ2) is 6.16. The number of anilines is 1. The molecular weight excluding hydrogens is 375 g/mol. The molecule has 23 heavy (non-hydrogen) atoms. The van der Waals surface area contributed by atoms with Crippen LogP contribution in [0.5, 0.6) is 5.75 Å². The van der Waals surface area contributed by atoms with E-state index in [1.165, 1.54) is 6.07 Å². The van der Waals surface area contributed by atoms with E-state index in [0.29, 0.717) is 11.1 Å². The summed E-state index contributed by atoms with van der Waals surface area (Å²) in [7, 11) is 0. The number of piperazine rings is 1. The van der Waals surface area contributed by atoms with Crippen LogP contribution in [-0.4, -0.2) is 37.5 Å². The Balaban J connectivity index is 2.19. The molecule has 2 heterocycles. The molecule has 1 N–H and O–H groups in total. The lowest BCUT2D eigenvalue weighted by molar-refractivity contribution is -0.274. The molecule has 0 spiro atoms. The van der Waals surface area contributed by atoms with Crippen LogP contribution in [0, 0.1) is 6.92 Å². The Kier molecular flexibility index (Phi) is 4.37. The van der Waals surface area contributed by atoms with Crippen molar-refractivity contribution in [2.24, 2.45) is 0 Å². The molecule has 0 aliphatic carbocycles. The van der Waals surface area contributed by atoms with Crippen molar-refractivity contribution >= 4 is 32.5 Å². The van der Waals surface area contributed by atoms with Crippen molar-refractivity contribution < 1.29 is 17.9 Å². The van der Waals surface area contributed by atoms with E-state index in [2.05, 4.69) is 35.9 Å². The minimum Gasteiger partial charge on any atom is -0.403 e. The van der Waals surface area contributed by atoms with Gasteiger partial charge in [0.1, 0.15) is 5.52 Å². The van der Waals surface area contributed by atoms with Gasteiger partial charge in [-0.2, -0.15) is 0 Å². The quantitative estimate of drug-likeness (QED) is 0.850. The topological polar surface area (TPSA) is 37.4 Å². The Morgan fingerprint density at radius 3 is 2.61 bits per heavy atom. The van der Waals surface area contributed by atoms with Crippen LogP contribution in [0.1, 0.15) is 5.69 Å². The number of hydrogen-bond donors (Lipinski definition) is 1. The molecule has 1 aromatic carbocycles. The van der Waals surface area contributed by atoms with Crippen molar-refractivity contribution in [3.8, 4) is 5.75 Å². The Hall–Kier alpha value is -1.54. The lowest BCUT2D eigenvalue weighted by Gasteiger charge is -2.31. The van der Waals surface area contributed by atoms with Crippen LogP contribution >= 0.6 is 15.9 Å². The van der Waals surface area contributed by atoms with Gasteiger partial charge in [-0.05, 0) is 28.9 Å². The van der Waals surface area contributed by atoms with E-state index in [0.717, 1.165) is 36.3 Å². The molecule has 3 rings (SSSR count). The first-order valence-electron chi connectivity index (χ1n) is 7.17. The van der Waals surface area contributed by atoms with E-state index >= 15 is 0 Å². The van der Waals surface area contributed by atoms with Gasteiger partial charge in [0.25, 0.3) is 0 Å². The molecule has 8 heteroatoms. The number of fused-ring (bicyclic) bond motifs is 1. The Morgan fingerprint density at radius 1 is 1.26 bits per heavy atom. The first-order chi connectivity index (χ1) is 10.9. The van der Waals surface area contributed by atoms with Crippen molar-refractivity contribution in [1.82, 2.24) is 10.3 Å². The molecule has 0 radical (unpaired) electrons. The number of benzene rings is 1. The number of para-hydroxylation sites is 1. The summed E-state index contributed by atoms with van der Waals surface area (Å²) >= 11 is 3.54. The van der Waals surface area contributed by atoms with Gasteiger partial charge in [-0.25, -0.2) is 4.98 Å². The van der Waals surface area contributed by atoms with Gasteiger partial charge in [0, 0.05) is 31.6 Å². The van der Waals surface area contributed by atoms with Crippen LogP contribution in [0.2, 0.25) is 0 Å². The second-order valence-electron chi connectivity index (χ2n) is 5.30. The standard InChI is InChI=1S/C15H15BrF3N3O/c1-9-12(16)14(22-7-5-20-6-8-22)10-3-2-4-11(13(10)21-9)23-15(17,18)19/h2-4,20H,5-8H2,1H3. The smallest absolute Gasteiger partial charge is 0.403 e. The summed E-state index contributed by atoms with van der Waals surface area (Å²) in [4.78, 5) is 6.45. The number of rotatable bonds is 2. The number of aryl methyl sites for hydroxylation is 1. The minimum absolute atomic E-state index is 0.221. The van der Waals surface area contributed by atoms with Gasteiger partial charge in [0.05, 0.1) is 15.9 Å². The van der Waals surface area contributed by atoms with Crippen molar-refractivity contribution in [3.05, 3.63) is 28.4 Å². The predicted molar refractivity (Wildman–Crippen MR) is 85.9 cm³/mol. The summed E-state index contributed by atoms with van der Waals surface area (Å²) < 4.78 is 42.8. The number of halogens is 4. The SMILES string of the molecule is Cc1nc2c(OC(F)(F)F)cccc2c(N2CCNCC2)c1Br. The summed E-state index contributed by atoms with van der Waals surface area (Å²) in [5.74, 6) is -0.276. The molecule has 2 aromatic rings. The number of alkyl halides is 3. The van der Waals surface area contributed by atoms with Gasteiger partial charge >= 0.3 is 6.36 Å². The van der Waals surface area contributed by atoms with Crippen molar-refractivity contribution in [1.29, 1.82) is 0 Å². The summed E-state index contributed by atoms with van der Waals surface area (Å²) in [6.45, 7) is 4.98. The van der Waals surface area contributed by atoms with Gasteiger partial charge in [-0.3, -0.25) is 0 Å². The predicted octanol–water partition coefficient (Wildman–Crippen LogP) is 3.61. The molecule has 1 aliphatic heterocycles. The van der Waals surface area contributed by atoms with Crippen LogP contribution in [-0.2, 0) is 0 Å². The number of nitrogens with one attached hydrogen (secondary N) is 1. The average molecular weight is 390 g/mol. The second-order valence-corrected chi connectivity index (χ2v) is 6.09. The molecule has 0 bridgehead atoms. The van der Waals surface area contributed by atoms with Crippen LogP contribution < -0.4 is 15.0 Å². The van der Waals surface area contributed by atoms with E-state index < -0.39 is 6.36 Å². The van der Waals surface area contributed by atoms with Crippen molar-refractivity contribution in [3.63, 3.8) is 0 Å². The summed E-state index contributed by atoms with van der Waals surface area (Å²) in [5.41, 5.74) is 1.71. The summed E-state index contributed by atoms with van der Waals surface area (Å²) in [6, 6.07) is 4.61. The first-order valence-corrected chi connectivity index (χ1v) is 7.96. The largest absolute Gasteiger partial charge is 0.573 e. The van der Waals surface area contributed by atoms with E-state index in [-0.39, 0.29) is 11.3 Å². The van der Waals surface area contributed by atoms with Crippen LogP contribution in [0.25, 0.3) is 10.9 Å². The molecule has 0 unspecified atom stereocenters. The molecule has 1 aromatic heterocycles. The van der Waals surface area contributed by atoms with Crippen molar-refractivity contribution in [2.75, 3.05) is 31.1 Å². The highest BCUT2D eigenvalue weighted by molar-refractivity contribution is 9.10. The molecule has 124 valence electrons.